The smallest absolute Gasteiger partial charge is 0.352 e. The standard InChI is InChI=1S/C21H22F3N5.HI/c1-25-20(28-13-17-6-8-19(9-7-17)21(22,23)24)27-12-16-2-4-18(5-3-16)14-29-11-10-26-15-29;/h2-11,15H,12-14H2,1H3,(H2,25,27,28);1H. The van der Waals surface area contributed by atoms with Gasteiger partial charge in [-0.3, -0.25) is 4.99 Å². The first-order chi connectivity index (χ1) is 13.9. The molecule has 3 rings (SSSR count). The Hall–Kier alpha value is -2.56. The molecule has 0 spiro atoms. The molecule has 160 valence electrons. The lowest BCUT2D eigenvalue weighted by atomic mass is 10.1. The zero-order valence-electron chi connectivity index (χ0n) is 16.4. The molecule has 5 nitrogen and oxygen atoms in total. The number of halogens is 4. The van der Waals surface area contributed by atoms with E-state index in [0.717, 1.165) is 29.8 Å². The molecule has 2 N–H and O–H groups in total. The third kappa shape index (κ3) is 7.05. The molecule has 0 amide bonds. The van der Waals surface area contributed by atoms with Gasteiger partial charge in [0.05, 0.1) is 11.9 Å². The Morgan fingerprint density at radius 3 is 1.93 bits per heavy atom. The van der Waals surface area contributed by atoms with Crippen LogP contribution in [0.2, 0.25) is 0 Å². The van der Waals surface area contributed by atoms with Crippen LogP contribution in [-0.4, -0.2) is 22.6 Å². The van der Waals surface area contributed by atoms with E-state index >= 15 is 0 Å². The summed E-state index contributed by atoms with van der Waals surface area (Å²) >= 11 is 0. The van der Waals surface area contributed by atoms with Crippen LogP contribution in [0.1, 0.15) is 22.3 Å². The predicted octanol–water partition coefficient (Wildman–Crippen LogP) is 4.43. The molecule has 3 aromatic rings. The Morgan fingerprint density at radius 1 is 0.933 bits per heavy atom. The van der Waals surface area contributed by atoms with Crippen LogP contribution in [0.5, 0.6) is 0 Å². The summed E-state index contributed by atoms with van der Waals surface area (Å²) in [7, 11) is 1.65. The number of hydrogen-bond donors (Lipinski definition) is 2. The lowest BCUT2D eigenvalue weighted by Gasteiger charge is -2.13. The van der Waals surface area contributed by atoms with Gasteiger partial charge in [0.15, 0.2) is 5.96 Å². The Morgan fingerprint density at radius 2 is 1.47 bits per heavy atom. The van der Waals surface area contributed by atoms with Crippen molar-refractivity contribution < 1.29 is 13.2 Å². The Balaban J connectivity index is 0.00000320. The fraction of sp³-hybridized carbons (Fsp3) is 0.238. The van der Waals surface area contributed by atoms with Gasteiger partial charge in [-0.05, 0) is 28.8 Å². The monoisotopic (exact) mass is 529 g/mol. The van der Waals surface area contributed by atoms with Gasteiger partial charge in [-0.1, -0.05) is 36.4 Å². The Labute approximate surface area is 190 Å². The van der Waals surface area contributed by atoms with Crippen LogP contribution in [0.15, 0.2) is 72.2 Å². The number of nitrogens with one attached hydrogen (secondary N) is 2. The zero-order chi connectivity index (χ0) is 20.7. The third-order valence-corrected chi connectivity index (χ3v) is 4.37. The molecule has 1 aromatic heterocycles. The second-order valence-corrected chi connectivity index (χ2v) is 6.53. The lowest BCUT2D eigenvalue weighted by Crippen LogP contribution is -2.36. The predicted molar refractivity (Wildman–Crippen MR) is 122 cm³/mol. The largest absolute Gasteiger partial charge is 0.416 e. The van der Waals surface area contributed by atoms with Crippen molar-refractivity contribution in [2.75, 3.05) is 7.05 Å². The number of aliphatic imine (C=N–C) groups is 1. The number of benzene rings is 2. The number of rotatable bonds is 6. The quantitative estimate of drug-likeness (QED) is 0.282. The van der Waals surface area contributed by atoms with E-state index in [0.29, 0.717) is 19.0 Å². The maximum absolute atomic E-state index is 12.6. The van der Waals surface area contributed by atoms with Gasteiger partial charge >= 0.3 is 6.18 Å². The number of hydrogen-bond acceptors (Lipinski definition) is 2. The first kappa shape index (κ1) is 23.7. The molecule has 0 saturated carbocycles. The van der Waals surface area contributed by atoms with Crippen molar-refractivity contribution in [1.29, 1.82) is 0 Å². The van der Waals surface area contributed by atoms with Gasteiger partial charge in [-0.25, -0.2) is 4.98 Å². The highest BCUT2D eigenvalue weighted by atomic mass is 127. The second-order valence-electron chi connectivity index (χ2n) is 6.53. The van der Waals surface area contributed by atoms with Gasteiger partial charge in [-0.15, -0.1) is 24.0 Å². The summed E-state index contributed by atoms with van der Waals surface area (Å²) in [6.45, 7) is 1.73. The van der Waals surface area contributed by atoms with E-state index in [2.05, 4.69) is 32.7 Å². The van der Waals surface area contributed by atoms with Gasteiger partial charge in [0.25, 0.3) is 0 Å². The molecule has 0 saturated heterocycles. The highest BCUT2D eigenvalue weighted by Gasteiger charge is 2.29. The molecule has 0 fully saturated rings. The summed E-state index contributed by atoms with van der Waals surface area (Å²) in [5, 5.41) is 6.30. The van der Waals surface area contributed by atoms with Crippen LogP contribution in [-0.2, 0) is 25.8 Å². The van der Waals surface area contributed by atoms with E-state index in [1.807, 2.05) is 22.9 Å². The number of imidazole rings is 1. The number of alkyl halides is 3. The van der Waals surface area contributed by atoms with Gasteiger partial charge in [0.2, 0.25) is 0 Å². The van der Waals surface area contributed by atoms with Gasteiger partial charge < -0.3 is 15.2 Å². The molecular weight excluding hydrogens is 506 g/mol. The van der Waals surface area contributed by atoms with Crippen LogP contribution in [0, 0.1) is 0 Å². The summed E-state index contributed by atoms with van der Waals surface area (Å²) in [4.78, 5) is 8.18. The Bertz CT molecular complexity index is 921. The minimum absolute atomic E-state index is 0. The molecule has 0 unspecified atom stereocenters. The maximum atomic E-state index is 12.6. The molecule has 0 aliphatic heterocycles. The highest BCUT2D eigenvalue weighted by molar-refractivity contribution is 14.0. The fourth-order valence-corrected chi connectivity index (χ4v) is 2.76. The zero-order valence-corrected chi connectivity index (χ0v) is 18.7. The summed E-state index contributed by atoms with van der Waals surface area (Å²) in [6, 6.07) is 13.3. The van der Waals surface area contributed by atoms with Gasteiger partial charge in [0.1, 0.15) is 0 Å². The number of aromatic nitrogens is 2. The van der Waals surface area contributed by atoms with Crippen LogP contribution >= 0.6 is 24.0 Å². The fourth-order valence-electron chi connectivity index (χ4n) is 2.76. The third-order valence-electron chi connectivity index (χ3n) is 4.37. The average molecular weight is 529 g/mol. The minimum Gasteiger partial charge on any atom is -0.352 e. The topological polar surface area (TPSA) is 54.2 Å². The normalized spacial score (nSPS) is 11.7. The first-order valence-electron chi connectivity index (χ1n) is 9.08. The molecule has 9 heteroatoms. The van der Waals surface area contributed by atoms with Crippen molar-refractivity contribution in [3.8, 4) is 0 Å². The lowest BCUT2D eigenvalue weighted by molar-refractivity contribution is -0.137. The van der Waals surface area contributed by atoms with Crippen LogP contribution < -0.4 is 10.6 Å². The molecule has 1 heterocycles. The number of guanidine groups is 1. The maximum Gasteiger partial charge on any atom is 0.416 e. The van der Waals surface area contributed by atoms with E-state index in [1.54, 1.807) is 19.6 Å². The van der Waals surface area contributed by atoms with E-state index in [1.165, 1.54) is 17.7 Å². The van der Waals surface area contributed by atoms with Gasteiger partial charge in [0, 0.05) is 39.1 Å². The highest BCUT2D eigenvalue weighted by Crippen LogP contribution is 2.29. The summed E-state index contributed by atoms with van der Waals surface area (Å²) in [5.41, 5.74) is 2.36. The van der Waals surface area contributed by atoms with Crippen molar-refractivity contribution in [2.45, 2.75) is 25.8 Å². The van der Waals surface area contributed by atoms with E-state index in [-0.39, 0.29) is 24.0 Å². The molecule has 0 aliphatic rings. The minimum atomic E-state index is -4.32. The summed E-state index contributed by atoms with van der Waals surface area (Å²) < 4.78 is 39.9. The van der Waals surface area contributed by atoms with E-state index < -0.39 is 11.7 Å². The van der Waals surface area contributed by atoms with Crippen LogP contribution in [0.3, 0.4) is 0 Å². The van der Waals surface area contributed by atoms with E-state index in [9.17, 15) is 13.2 Å². The SMILES string of the molecule is CN=C(NCc1ccc(Cn2ccnc2)cc1)NCc1ccc(C(F)(F)F)cc1.I. The number of nitrogens with zero attached hydrogens (tertiary/aromatic N) is 3. The van der Waals surface area contributed by atoms with Crippen molar-refractivity contribution in [1.82, 2.24) is 20.2 Å². The first-order valence-corrected chi connectivity index (χ1v) is 9.08. The van der Waals surface area contributed by atoms with Crippen molar-refractivity contribution in [2.24, 2.45) is 4.99 Å². The van der Waals surface area contributed by atoms with Crippen LogP contribution in [0.4, 0.5) is 13.2 Å². The molecule has 30 heavy (non-hydrogen) atoms. The molecule has 0 radical (unpaired) electrons. The van der Waals surface area contributed by atoms with Crippen molar-refractivity contribution in [3.05, 3.63) is 89.5 Å². The molecular formula is C21H23F3IN5. The molecule has 0 bridgehead atoms. The Kier molecular flexibility index (Phi) is 8.70. The van der Waals surface area contributed by atoms with Gasteiger partial charge in [-0.2, -0.15) is 13.2 Å². The summed E-state index contributed by atoms with van der Waals surface area (Å²) in [6.07, 6.45) is 1.13. The average Bonchev–Trinajstić information content (AvgIpc) is 3.22. The van der Waals surface area contributed by atoms with Crippen LogP contribution in [0.25, 0.3) is 0 Å². The van der Waals surface area contributed by atoms with Crippen molar-refractivity contribution >= 4 is 29.9 Å². The summed E-state index contributed by atoms with van der Waals surface area (Å²) in [5.74, 6) is 0.576. The second kappa shape index (κ2) is 11.0. The van der Waals surface area contributed by atoms with E-state index in [4.69, 9.17) is 0 Å². The van der Waals surface area contributed by atoms with Crippen molar-refractivity contribution in [3.63, 3.8) is 0 Å². The molecule has 2 aromatic carbocycles. The molecule has 0 atom stereocenters. The molecule has 0 aliphatic carbocycles.